The molecular formula is C15H14N4O. The molecule has 1 heterocycles. The summed E-state index contributed by atoms with van der Waals surface area (Å²) in [6.45, 7) is 2.70. The molecule has 0 bridgehead atoms. The van der Waals surface area contributed by atoms with Gasteiger partial charge in [0.05, 0.1) is 11.6 Å². The van der Waals surface area contributed by atoms with Gasteiger partial charge < -0.3 is 10.6 Å². The largest absolute Gasteiger partial charge is 0.370 e. The van der Waals surface area contributed by atoms with E-state index in [1.807, 2.05) is 13.0 Å². The van der Waals surface area contributed by atoms with E-state index in [1.54, 1.807) is 42.5 Å². The van der Waals surface area contributed by atoms with E-state index in [1.165, 1.54) is 0 Å². The number of nitrogens with one attached hydrogen (secondary N) is 2. The molecule has 0 fully saturated rings. The predicted molar refractivity (Wildman–Crippen MR) is 77.5 cm³/mol. The second kappa shape index (κ2) is 6.34. The van der Waals surface area contributed by atoms with Crippen LogP contribution < -0.4 is 10.6 Å². The Morgan fingerprint density at radius 2 is 2.10 bits per heavy atom. The van der Waals surface area contributed by atoms with Crippen LogP contribution in [0.25, 0.3) is 0 Å². The Morgan fingerprint density at radius 3 is 2.85 bits per heavy atom. The van der Waals surface area contributed by atoms with E-state index in [9.17, 15) is 4.79 Å². The minimum atomic E-state index is -0.306. The van der Waals surface area contributed by atoms with Gasteiger partial charge in [-0.3, -0.25) is 4.79 Å². The molecule has 1 amide bonds. The highest BCUT2D eigenvalue weighted by molar-refractivity contribution is 6.03. The van der Waals surface area contributed by atoms with Crippen molar-refractivity contribution in [3.05, 3.63) is 53.7 Å². The average molecular weight is 266 g/mol. The Balaban J connectivity index is 2.15. The van der Waals surface area contributed by atoms with Gasteiger partial charge in [-0.05, 0) is 37.3 Å². The van der Waals surface area contributed by atoms with Gasteiger partial charge in [-0.1, -0.05) is 12.1 Å². The standard InChI is InChI=1S/C15H14N4O/c1-2-17-14-8-4-7-13(19-14)15(20)18-12-6-3-5-11(9-12)10-16/h3-9H,2H2,1H3,(H,17,19)(H,18,20). The quantitative estimate of drug-likeness (QED) is 0.891. The van der Waals surface area contributed by atoms with E-state index < -0.39 is 0 Å². The van der Waals surface area contributed by atoms with Crippen molar-refractivity contribution in [3.63, 3.8) is 0 Å². The minimum Gasteiger partial charge on any atom is -0.370 e. The number of carbonyl (C=O) groups is 1. The number of hydrogen-bond acceptors (Lipinski definition) is 4. The molecule has 0 aliphatic rings. The van der Waals surface area contributed by atoms with E-state index in [0.717, 1.165) is 6.54 Å². The van der Waals surface area contributed by atoms with Gasteiger partial charge in [-0.15, -0.1) is 0 Å². The number of rotatable bonds is 4. The number of nitrogens with zero attached hydrogens (tertiary/aromatic N) is 2. The summed E-state index contributed by atoms with van der Waals surface area (Å²) in [6.07, 6.45) is 0. The Labute approximate surface area is 117 Å². The first-order chi connectivity index (χ1) is 9.72. The molecule has 0 spiro atoms. The van der Waals surface area contributed by atoms with Gasteiger partial charge in [-0.2, -0.15) is 5.26 Å². The number of anilines is 2. The Kier molecular flexibility index (Phi) is 4.30. The molecule has 0 aliphatic carbocycles. The smallest absolute Gasteiger partial charge is 0.274 e. The SMILES string of the molecule is CCNc1cccc(C(=O)Nc2cccc(C#N)c2)n1. The molecule has 0 atom stereocenters. The van der Waals surface area contributed by atoms with Crippen molar-refractivity contribution in [1.29, 1.82) is 5.26 Å². The zero-order valence-corrected chi connectivity index (χ0v) is 11.1. The molecule has 0 saturated carbocycles. The van der Waals surface area contributed by atoms with Gasteiger partial charge >= 0.3 is 0 Å². The first-order valence-electron chi connectivity index (χ1n) is 6.25. The minimum absolute atomic E-state index is 0.306. The van der Waals surface area contributed by atoms with Crippen LogP contribution in [0, 0.1) is 11.3 Å². The molecule has 2 N–H and O–H groups in total. The summed E-state index contributed by atoms with van der Waals surface area (Å²) in [7, 11) is 0. The van der Waals surface area contributed by atoms with Crippen LogP contribution in [0.5, 0.6) is 0 Å². The van der Waals surface area contributed by atoms with Crippen LogP contribution in [0.15, 0.2) is 42.5 Å². The summed E-state index contributed by atoms with van der Waals surface area (Å²) >= 11 is 0. The summed E-state index contributed by atoms with van der Waals surface area (Å²) in [6, 6.07) is 14.0. The van der Waals surface area contributed by atoms with Crippen molar-refractivity contribution in [3.8, 4) is 6.07 Å². The molecule has 5 nitrogen and oxygen atoms in total. The average Bonchev–Trinajstić information content (AvgIpc) is 2.48. The maximum atomic E-state index is 12.1. The summed E-state index contributed by atoms with van der Waals surface area (Å²) in [4.78, 5) is 16.3. The number of aromatic nitrogens is 1. The first kappa shape index (κ1) is 13.6. The molecule has 5 heteroatoms. The van der Waals surface area contributed by atoms with Crippen molar-refractivity contribution < 1.29 is 4.79 Å². The van der Waals surface area contributed by atoms with Gasteiger partial charge in [0, 0.05) is 12.2 Å². The lowest BCUT2D eigenvalue weighted by Gasteiger charge is -2.07. The molecular weight excluding hydrogens is 252 g/mol. The Bertz CT molecular complexity index is 661. The maximum Gasteiger partial charge on any atom is 0.274 e. The molecule has 2 rings (SSSR count). The summed E-state index contributed by atoms with van der Waals surface area (Å²) < 4.78 is 0. The van der Waals surface area contributed by atoms with Crippen LogP contribution in [0.3, 0.4) is 0 Å². The van der Waals surface area contributed by atoms with E-state index in [2.05, 4.69) is 15.6 Å². The molecule has 100 valence electrons. The normalized spacial score (nSPS) is 9.60. The Hall–Kier alpha value is -2.87. The number of carbonyl (C=O) groups excluding carboxylic acids is 1. The molecule has 0 unspecified atom stereocenters. The lowest BCUT2D eigenvalue weighted by atomic mass is 10.2. The fourth-order valence-electron chi connectivity index (χ4n) is 1.70. The van der Waals surface area contributed by atoms with Crippen molar-refractivity contribution in [2.45, 2.75) is 6.92 Å². The molecule has 1 aromatic carbocycles. The number of amides is 1. The number of nitriles is 1. The topological polar surface area (TPSA) is 77.8 Å². The molecule has 0 saturated heterocycles. The van der Waals surface area contributed by atoms with Gasteiger partial charge in [0.2, 0.25) is 0 Å². The van der Waals surface area contributed by atoms with Crippen LogP contribution in [-0.4, -0.2) is 17.4 Å². The Morgan fingerprint density at radius 1 is 1.30 bits per heavy atom. The van der Waals surface area contributed by atoms with Crippen LogP contribution in [-0.2, 0) is 0 Å². The maximum absolute atomic E-state index is 12.1. The number of pyridine rings is 1. The fraction of sp³-hybridized carbons (Fsp3) is 0.133. The van der Waals surface area contributed by atoms with Crippen molar-refractivity contribution >= 4 is 17.4 Å². The van der Waals surface area contributed by atoms with Gasteiger partial charge in [0.1, 0.15) is 11.5 Å². The zero-order valence-electron chi connectivity index (χ0n) is 11.1. The number of benzene rings is 1. The van der Waals surface area contributed by atoms with Crippen LogP contribution >= 0.6 is 0 Å². The van der Waals surface area contributed by atoms with Crippen molar-refractivity contribution in [2.75, 3.05) is 17.2 Å². The van der Waals surface area contributed by atoms with E-state index in [4.69, 9.17) is 5.26 Å². The monoisotopic (exact) mass is 266 g/mol. The third-order valence-corrected chi connectivity index (χ3v) is 2.59. The third kappa shape index (κ3) is 3.33. The second-order valence-electron chi connectivity index (χ2n) is 4.09. The molecule has 0 aliphatic heterocycles. The third-order valence-electron chi connectivity index (χ3n) is 2.59. The van der Waals surface area contributed by atoms with E-state index in [0.29, 0.717) is 22.8 Å². The highest BCUT2D eigenvalue weighted by atomic mass is 16.1. The highest BCUT2D eigenvalue weighted by Crippen LogP contribution is 2.12. The van der Waals surface area contributed by atoms with E-state index >= 15 is 0 Å². The number of hydrogen-bond donors (Lipinski definition) is 2. The zero-order chi connectivity index (χ0) is 14.4. The lowest BCUT2D eigenvalue weighted by Crippen LogP contribution is -2.14. The van der Waals surface area contributed by atoms with Gasteiger partial charge in [0.25, 0.3) is 5.91 Å². The van der Waals surface area contributed by atoms with Gasteiger partial charge in [0.15, 0.2) is 0 Å². The fourth-order valence-corrected chi connectivity index (χ4v) is 1.70. The predicted octanol–water partition coefficient (Wildman–Crippen LogP) is 2.64. The van der Waals surface area contributed by atoms with E-state index in [-0.39, 0.29) is 5.91 Å². The first-order valence-corrected chi connectivity index (χ1v) is 6.25. The highest BCUT2D eigenvalue weighted by Gasteiger charge is 2.08. The van der Waals surface area contributed by atoms with Crippen LogP contribution in [0.2, 0.25) is 0 Å². The van der Waals surface area contributed by atoms with Gasteiger partial charge in [-0.25, -0.2) is 4.98 Å². The summed E-state index contributed by atoms with van der Waals surface area (Å²) in [5.41, 5.74) is 1.40. The second-order valence-corrected chi connectivity index (χ2v) is 4.09. The van der Waals surface area contributed by atoms with Crippen LogP contribution in [0.4, 0.5) is 11.5 Å². The van der Waals surface area contributed by atoms with Crippen molar-refractivity contribution in [2.24, 2.45) is 0 Å². The summed E-state index contributed by atoms with van der Waals surface area (Å²) in [5, 5.41) is 14.6. The summed E-state index contributed by atoms with van der Waals surface area (Å²) in [5.74, 6) is 0.353. The molecule has 2 aromatic rings. The lowest BCUT2D eigenvalue weighted by molar-refractivity contribution is 0.102. The molecule has 1 aromatic heterocycles. The van der Waals surface area contributed by atoms with Crippen LogP contribution in [0.1, 0.15) is 23.0 Å². The molecule has 20 heavy (non-hydrogen) atoms. The molecule has 0 radical (unpaired) electrons. The van der Waals surface area contributed by atoms with Crippen molar-refractivity contribution in [1.82, 2.24) is 4.98 Å².